The molecule has 2 aromatic rings. The molecule has 0 fully saturated rings. The van der Waals surface area contributed by atoms with Crippen molar-refractivity contribution in [1.29, 1.82) is 0 Å². The van der Waals surface area contributed by atoms with Crippen LogP contribution in [0, 0.1) is 5.38 Å². The Morgan fingerprint density at radius 2 is 2.08 bits per heavy atom. The van der Waals surface area contributed by atoms with Gasteiger partial charge in [-0.1, -0.05) is 23.2 Å². The van der Waals surface area contributed by atoms with Gasteiger partial charge in [0, 0.05) is 21.7 Å². The molecule has 61 valence electrons. The van der Waals surface area contributed by atoms with Gasteiger partial charge in [-0.3, -0.25) is 0 Å². The molecule has 0 nitrogen and oxygen atoms in total. The molecule has 12 heavy (non-hydrogen) atoms. The van der Waals surface area contributed by atoms with Crippen LogP contribution in [0.25, 0.3) is 10.4 Å². The summed E-state index contributed by atoms with van der Waals surface area (Å²) < 4.78 is 0. The van der Waals surface area contributed by atoms with E-state index in [1.165, 1.54) is 11.3 Å². The molecule has 2 heterocycles. The lowest BCUT2D eigenvalue weighted by Crippen LogP contribution is -1.64. The van der Waals surface area contributed by atoms with Crippen molar-refractivity contribution in [3.05, 3.63) is 32.3 Å². The molecule has 0 unspecified atom stereocenters. The normalized spacial score (nSPS) is 10.5. The van der Waals surface area contributed by atoms with Crippen molar-refractivity contribution < 1.29 is 0 Å². The Kier molecular flexibility index (Phi) is 2.42. The number of hydrogen-bond donors (Lipinski definition) is 0. The summed E-state index contributed by atoms with van der Waals surface area (Å²) in [5.74, 6) is 0. The number of halogens is 2. The van der Waals surface area contributed by atoms with E-state index in [2.05, 4.69) is 5.38 Å². The van der Waals surface area contributed by atoms with Gasteiger partial charge in [0.05, 0.1) is 14.9 Å². The Labute approximate surface area is 88.4 Å². The number of rotatable bonds is 1. The predicted octanol–water partition coefficient (Wildman–Crippen LogP) is 4.58. The lowest BCUT2D eigenvalue weighted by molar-refractivity contribution is 1.88. The van der Waals surface area contributed by atoms with E-state index >= 15 is 0 Å². The van der Waals surface area contributed by atoms with Gasteiger partial charge in [0.1, 0.15) is 0 Å². The quantitative estimate of drug-likeness (QED) is 0.677. The highest BCUT2D eigenvalue weighted by atomic mass is 35.5. The highest BCUT2D eigenvalue weighted by Crippen LogP contribution is 2.39. The van der Waals surface area contributed by atoms with Crippen LogP contribution in [0.2, 0.25) is 10.0 Å². The van der Waals surface area contributed by atoms with Gasteiger partial charge in [-0.05, 0) is 6.07 Å². The molecule has 0 bridgehead atoms. The van der Waals surface area contributed by atoms with E-state index in [1.54, 1.807) is 11.3 Å². The Morgan fingerprint density at radius 1 is 1.25 bits per heavy atom. The zero-order chi connectivity index (χ0) is 8.55. The van der Waals surface area contributed by atoms with Crippen LogP contribution in [0.5, 0.6) is 0 Å². The van der Waals surface area contributed by atoms with Crippen molar-refractivity contribution in [2.45, 2.75) is 0 Å². The summed E-state index contributed by atoms with van der Waals surface area (Å²) >= 11 is 14.9. The third kappa shape index (κ3) is 1.40. The minimum atomic E-state index is 0.628. The molecule has 2 rings (SSSR count). The second-order valence-corrected chi connectivity index (χ2v) is 4.55. The second kappa shape index (κ2) is 3.38. The van der Waals surface area contributed by atoms with Crippen LogP contribution >= 0.6 is 45.9 Å². The monoisotopic (exact) mass is 233 g/mol. The summed E-state index contributed by atoms with van der Waals surface area (Å²) in [5.41, 5.74) is 1.10. The standard InChI is InChI=1S/C8H3Cl2S2/c9-6-4-12-8(7(6)10)5-1-2-11-3-5/h1,3-4H. The smallest absolute Gasteiger partial charge is 0.0778 e. The summed E-state index contributed by atoms with van der Waals surface area (Å²) in [5, 5.41) is 8.14. The maximum Gasteiger partial charge on any atom is 0.0778 e. The Balaban J connectivity index is 2.55. The summed E-state index contributed by atoms with van der Waals surface area (Å²) in [6, 6.07) is 1.92. The van der Waals surface area contributed by atoms with E-state index < -0.39 is 0 Å². The lowest BCUT2D eigenvalue weighted by atomic mass is 10.3. The topological polar surface area (TPSA) is 0 Å². The van der Waals surface area contributed by atoms with Gasteiger partial charge >= 0.3 is 0 Å². The largest absolute Gasteiger partial charge is 0.142 e. The average Bonchev–Trinajstić information content (AvgIpc) is 2.64. The van der Waals surface area contributed by atoms with Crippen LogP contribution in [0.1, 0.15) is 0 Å². The fourth-order valence-corrected chi connectivity index (χ4v) is 2.97. The highest BCUT2D eigenvalue weighted by molar-refractivity contribution is 7.15. The molecule has 0 N–H and O–H groups in total. The first-order valence-corrected chi connectivity index (χ1v) is 5.68. The van der Waals surface area contributed by atoms with Crippen LogP contribution in [0.4, 0.5) is 0 Å². The van der Waals surface area contributed by atoms with Crippen molar-refractivity contribution >= 4 is 45.9 Å². The predicted molar refractivity (Wildman–Crippen MR) is 56.5 cm³/mol. The summed E-state index contributed by atoms with van der Waals surface area (Å²) in [6.45, 7) is 0. The van der Waals surface area contributed by atoms with E-state index in [1.807, 2.05) is 16.8 Å². The van der Waals surface area contributed by atoms with E-state index in [9.17, 15) is 0 Å². The van der Waals surface area contributed by atoms with Crippen molar-refractivity contribution in [3.63, 3.8) is 0 Å². The van der Waals surface area contributed by atoms with Gasteiger partial charge in [-0.2, -0.15) is 0 Å². The average molecular weight is 234 g/mol. The first-order chi connectivity index (χ1) is 5.79. The zero-order valence-electron chi connectivity index (χ0n) is 5.80. The van der Waals surface area contributed by atoms with E-state index in [-0.39, 0.29) is 0 Å². The van der Waals surface area contributed by atoms with Crippen molar-refractivity contribution in [2.24, 2.45) is 0 Å². The Hall–Kier alpha value is -0.0200. The van der Waals surface area contributed by atoms with Crippen molar-refractivity contribution in [1.82, 2.24) is 0 Å². The first-order valence-electron chi connectivity index (χ1n) is 3.16. The van der Waals surface area contributed by atoms with Gasteiger partial charge in [0.2, 0.25) is 0 Å². The third-order valence-corrected chi connectivity index (χ3v) is 4.10. The van der Waals surface area contributed by atoms with Crippen molar-refractivity contribution in [3.8, 4) is 10.4 Å². The molecule has 0 aliphatic carbocycles. The van der Waals surface area contributed by atoms with Crippen LogP contribution in [-0.2, 0) is 0 Å². The summed E-state index contributed by atoms with van der Waals surface area (Å²) in [7, 11) is 0. The zero-order valence-corrected chi connectivity index (χ0v) is 8.95. The first kappa shape index (κ1) is 8.57. The van der Waals surface area contributed by atoms with Gasteiger partial charge in [0.15, 0.2) is 0 Å². The van der Waals surface area contributed by atoms with Crippen LogP contribution in [-0.4, -0.2) is 0 Å². The number of thiophene rings is 2. The molecule has 0 aromatic carbocycles. The van der Waals surface area contributed by atoms with Gasteiger partial charge in [-0.15, -0.1) is 22.7 Å². The minimum absolute atomic E-state index is 0.628. The van der Waals surface area contributed by atoms with E-state index in [0.29, 0.717) is 10.0 Å². The fraction of sp³-hybridized carbons (Fsp3) is 0. The molecule has 0 spiro atoms. The molecule has 0 aliphatic heterocycles. The van der Waals surface area contributed by atoms with E-state index in [4.69, 9.17) is 23.2 Å². The van der Waals surface area contributed by atoms with Crippen LogP contribution in [0.3, 0.4) is 0 Å². The number of hydrogen-bond acceptors (Lipinski definition) is 2. The minimum Gasteiger partial charge on any atom is -0.142 e. The SMILES string of the molecule is Clc1csc(-c2c[c]sc2)c1Cl. The molecule has 0 atom stereocenters. The van der Waals surface area contributed by atoms with Gasteiger partial charge in [-0.25, -0.2) is 0 Å². The molecule has 2 aromatic heterocycles. The molecular formula is C8H3Cl2S2. The molecule has 4 heteroatoms. The molecule has 1 radical (unpaired) electrons. The Bertz CT molecular complexity index is 376. The van der Waals surface area contributed by atoms with Crippen molar-refractivity contribution in [2.75, 3.05) is 0 Å². The molecule has 0 saturated heterocycles. The van der Waals surface area contributed by atoms with Gasteiger partial charge in [0.25, 0.3) is 0 Å². The molecule has 0 aliphatic rings. The molecular weight excluding hydrogens is 231 g/mol. The summed E-state index contributed by atoms with van der Waals surface area (Å²) in [4.78, 5) is 1.03. The van der Waals surface area contributed by atoms with Gasteiger partial charge < -0.3 is 0 Å². The highest BCUT2D eigenvalue weighted by Gasteiger charge is 2.09. The van der Waals surface area contributed by atoms with Crippen LogP contribution in [0.15, 0.2) is 16.8 Å². The maximum absolute atomic E-state index is 5.97. The molecule has 0 saturated carbocycles. The second-order valence-electron chi connectivity index (χ2n) is 2.18. The van der Waals surface area contributed by atoms with Crippen LogP contribution < -0.4 is 0 Å². The summed E-state index contributed by atoms with van der Waals surface area (Å²) in [6.07, 6.45) is 0. The molecule has 0 amide bonds. The Morgan fingerprint density at radius 3 is 2.58 bits per heavy atom. The third-order valence-electron chi connectivity index (χ3n) is 1.42. The lowest BCUT2D eigenvalue weighted by Gasteiger charge is -1.91. The maximum atomic E-state index is 5.97. The van der Waals surface area contributed by atoms with E-state index in [0.717, 1.165) is 10.4 Å². The fourth-order valence-electron chi connectivity index (χ4n) is 0.865.